The molecule has 0 spiro atoms. The molecule has 0 unspecified atom stereocenters. The minimum Gasteiger partial charge on any atom is -0.263 e. The van der Waals surface area contributed by atoms with E-state index in [0.29, 0.717) is 0 Å². The van der Waals surface area contributed by atoms with E-state index in [-0.39, 0.29) is 0 Å². The van der Waals surface area contributed by atoms with Gasteiger partial charge in [-0.2, -0.15) is 5.10 Å². The number of rotatable bonds is 3. The summed E-state index contributed by atoms with van der Waals surface area (Å²) < 4.78 is 2.06. The number of aryl methyl sites for hydroxylation is 2. The Kier molecular flexibility index (Phi) is 3.74. The maximum Gasteiger partial charge on any atom is 0.101 e. The van der Waals surface area contributed by atoms with Gasteiger partial charge in [0.1, 0.15) is 5.69 Å². The highest BCUT2D eigenvalue weighted by Crippen LogP contribution is 2.33. The smallest absolute Gasteiger partial charge is 0.101 e. The summed E-state index contributed by atoms with van der Waals surface area (Å²) in [5.74, 6) is 2.67. The standard InChI is InChI=1S/C22H19N3/c1-4-12-25-20-14-23-19-11-6-15(3)13-18(19)21(20)22(24-25)17-9-7-16(5-2)8-10-17/h2,6-11,13-14H,4,12H2,1,3H3. The summed E-state index contributed by atoms with van der Waals surface area (Å²) in [6.07, 6.45) is 8.45. The molecular formula is C22H19N3. The van der Waals surface area contributed by atoms with Gasteiger partial charge in [-0.3, -0.25) is 9.67 Å². The van der Waals surface area contributed by atoms with Crippen LogP contribution in [0.5, 0.6) is 0 Å². The Morgan fingerprint density at radius 3 is 2.64 bits per heavy atom. The minimum absolute atomic E-state index is 0.873. The molecule has 122 valence electrons. The molecule has 0 saturated heterocycles. The highest BCUT2D eigenvalue weighted by molar-refractivity contribution is 6.11. The highest BCUT2D eigenvalue weighted by atomic mass is 15.3. The first-order valence-electron chi connectivity index (χ1n) is 8.54. The molecule has 0 radical (unpaired) electrons. The number of fused-ring (bicyclic) bond motifs is 3. The summed E-state index contributed by atoms with van der Waals surface area (Å²) in [5.41, 5.74) is 6.24. The van der Waals surface area contributed by atoms with Crippen molar-refractivity contribution in [1.82, 2.24) is 14.8 Å². The number of terminal acetylenes is 1. The molecule has 2 heterocycles. The van der Waals surface area contributed by atoms with E-state index < -0.39 is 0 Å². The van der Waals surface area contributed by atoms with Crippen molar-refractivity contribution in [2.45, 2.75) is 26.8 Å². The van der Waals surface area contributed by atoms with Crippen LogP contribution in [0.25, 0.3) is 33.1 Å². The second-order valence-electron chi connectivity index (χ2n) is 6.33. The maximum atomic E-state index is 5.49. The molecule has 25 heavy (non-hydrogen) atoms. The molecule has 3 nitrogen and oxygen atoms in total. The Hall–Kier alpha value is -3.12. The van der Waals surface area contributed by atoms with Crippen molar-refractivity contribution < 1.29 is 0 Å². The van der Waals surface area contributed by atoms with Crippen LogP contribution in [0.1, 0.15) is 24.5 Å². The Balaban J connectivity index is 2.07. The van der Waals surface area contributed by atoms with Gasteiger partial charge < -0.3 is 0 Å². The maximum absolute atomic E-state index is 5.49. The normalized spacial score (nSPS) is 11.1. The summed E-state index contributed by atoms with van der Waals surface area (Å²) in [6.45, 7) is 5.14. The Morgan fingerprint density at radius 2 is 1.92 bits per heavy atom. The fourth-order valence-electron chi connectivity index (χ4n) is 3.27. The molecule has 0 saturated carbocycles. The number of benzene rings is 2. The van der Waals surface area contributed by atoms with Crippen LogP contribution in [0.2, 0.25) is 0 Å². The number of hydrogen-bond acceptors (Lipinski definition) is 2. The van der Waals surface area contributed by atoms with E-state index in [2.05, 4.69) is 59.8 Å². The van der Waals surface area contributed by atoms with Crippen molar-refractivity contribution in [3.05, 3.63) is 59.8 Å². The van der Waals surface area contributed by atoms with Crippen molar-refractivity contribution in [1.29, 1.82) is 0 Å². The lowest BCUT2D eigenvalue weighted by atomic mass is 10.0. The molecule has 2 aromatic carbocycles. The van der Waals surface area contributed by atoms with E-state index in [9.17, 15) is 0 Å². The van der Waals surface area contributed by atoms with Gasteiger partial charge in [0, 0.05) is 28.4 Å². The largest absolute Gasteiger partial charge is 0.263 e. The zero-order valence-corrected chi connectivity index (χ0v) is 14.5. The third-order valence-corrected chi connectivity index (χ3v) is 4.50. The van der Waals surface area contributed by atoms with Gasteiger partial charge in [-0.25, -0.2) is 0 Å². The Morgan fingerprint density at radius 1 is 1.12 bits per heavy atom. The molecule has 0 amide bonds. The van der Waals surface area contributed by atoms with Gasteiger partial charge in [-0.05, 0) is 37.6 Å². The van der Waals surface area contributed by atoms with E-state index in [0.717, 1.165) is 51.6 Å². The van der Waals surface area contributed by atoms with E-state index in [1.165, 1.54) is 5.56 Å². The average molecular weight is 325 g/mol. The number of aromatic nitrogens is 3. The molecule has 4 rings (SSSR count). The van der Waals surface area contributed by atoms with Gasteiger partial charge in [-0.15, -0.1) is 6.42 Å². The van der Waals surface area contributed by atoms with Gasteiger partial charge >= 0.3 is 0 Å². The van der Waals surface area contributed by atoms with Crippen molar-refractivity contribution >= 4 is 21.8 Å². The summed E-state index contributed by atoms with van der Waals surface area (Å²) in [7, 11) is 0. The highest BCUT2D eigenvalue weighted by Gasteiger charge is 2.16. The van der Waals surface area contributed by atoms with E-state index >= 15 is 0 Å². The summed E-state index contributed by atoms with van der Waals surface area (Å²) in [5, 5.41) is 7.22. The van der Waals surface area contributed by atoms with Crippen LogP contribution in [0.3, 0.4) is 0 Å². The molecule has 0 aliphatic heterocycles. The SMILES string of the molecule is C#Cc1ccc(-c2nn(CCC)c3cnc4ccc(C)cc4c23)cc1. The summed E-state index contributed by atoms with van der Waals surface area (Å²) in [6, 6.07) is 14.4. The van der Waals surface area contributed by atoms with Crippen molar-refractivity contribution in [2.75, 3.05) is 0 Å². The summed E-state index contributed by atoms with van der Waals surface area (Å²) in [4.78, 5) is 4.64. The number of hydrogen-bond donors (Lipinski definition) is 0. The fourth-order valence-corrected chi connectivity index (χ4v) is 3.27. The predicted octanol–water partition coefficient (Wildman–Crippen LogP) is 4.95. The lowest BCUT2D eigenvalue weighted by Crippen LogP contribution is -1.98. The molecule has 0 N–H and O–H groups in total. The van der Waals surface area contributed by atoms with Crippen LogP contribution in [0.4, 0.5) is 0 Å². The monoisotopic (exact) mass is 325 g/mol. The molecule has 4 aromatic rings. The van der Waals surface area contributed by atoms with E-state index in [1.807, 2.05) is 18.3 Å². The minimum atomic E-state index is 0.873. The van der Waals surface area contributed by atoms with Crippen LogP contribution < -0.4 is 0 Å². The van der Waals surface area contributed by atoms with Crippen LogP contribution in [-0.4, -0.2) is 14.8 Å². The average Bonchev–Trinajstić information content (AvgIpc) is 3.01. The van der Waals surface area contributed by atoms with Gasteiger partial charge in [0.15, 0.2) is 0 Å². The molecule has 0 atom stereocenters. The van der Waals surface area contributed by atoms with Crippen molar-refractivity contribution in [2.24, 2.45) is 0 Å². The fraction of sp³-hybridized carbons (Fsp3) is 0.182. The molecule has 0 bridgehead atoms. The zero-order chi connectivity index (χ0) is 17.4. The Bertz CT molecular complexity index is 1110. The van der Waals surface area contributed by atoms with Crippen LogP contribution >= 0.6 is 0 Å². The lowest BCUT2D eigenvalue weighted by molar-refractivity contribution is 0.624. The van der Waals surface area contributed by atoms with Gasteiger partial charge in [0.25, 0.3) is 0 Å². The first-order valence-corrected chi connectivity index (χ1v) is 8.54. The third-order valence-electron chi connectivity index (χ3n) is 4.50. The van der Waals surface area contributed by atoms with Crippen molar-refractivity contribution in [3.8, 4) is 23.6 Å². The van der Waals surface area contributed by atoms with Gasteiger partial charge in [0.05, 0.1) is 17.2 Å². The van der Waals surface area contributed by atoms with Crippen molar-refractivity contribution in [3.63, 3.8) is 0 Å². The molecule has 0 aliphatic carbocycles. The first kappa shape index (κ1) is 15.4. The molecule has 2 aromatic heterocycles. The lowest BCUT2D eigenvalue weighted by Gasteiger charge is -2.04. The predicted molar refractivity (Wildman–Crippen MR) is 103 cm³/mol. The van der Waals surface area contributed by atoms with Crippen LogP contribution in [-0.2, 0) is 6.54 Å². The van der Waals surface area contributed by atoms with Gasteiger partial charge in [-0.1, -0.05) is 36.6 Å². The third kappa shape index (κ3) is 2.56. The van der Waals surface area contributed by atoms with E-state index in [1.54, 1.807) is 0 Å². The quantitative estimate of drug-likeness (QED) is 0.499. The number of nitrogens with zero attached hydrogens (tertiary/aromatic N) is 3. The summed E-state index contributed by atoms with van der Waals surface area (Å²) >= 11 is 0. The first-order chi connectivity index (χ1) is 12.2. The topological polar surface area (TPSA) is 30.7 Å². The van der Waals surface area contributed by atoms with Gasteiger partial charge in [0.2, 0.25) is 0 Å². The zero-order valence-electron chi connectivity index (χ0n) is 14.5. The van der Waals surface area contributed by atoms with E-state index in [4.69, 9.17) is 11.5 Å². The molecule has 0 aliphatic rings. The molecule has 3 heteroatoms. The van der Waals surface area contributed by atoms with Crippen LogP contribution in [0, 0.1) is 19.3 Å². The second-order valence-corrected chi connectivity index (χ2v) is 6.33. The molecular weight excluding hydrogens is 306 g/mol. The molecule has 0 fully saturated rings. The Labute approximate surface area is 147 Å². The van der Waals surface area contributed by atoms with Crippen LogP contribution in [0.15, 0.2) is 48.7 Å². The second kappa shape index (κ2) is 6.07. The number of pyridine rings is 1.